The number of nitrogens with zero attached hydrogens (tertiary/aromatic N) is 3. The number of rotatable bonds is 1. The standard InChI is InChI=1S/C10H11N3O/c1-7-3-4-13-5-9(6-14)8(2)12-10(13)11-7/h3-4,6H,5H2,1-2H3. The molecule has 14 heavy (non-hydrogen) atoms. The number of fused-ring (bicyclic) bond motifs is 1. The molecule has 0 aliphatic carbocycles. The van der Waals surface area contributed by atoms with Gasteiger partial charge in [-0.25, -0.2) is 9.98 Å². The molecule has 0 saturated heterocycles. The Bertz CT molecular complexity index is 402. The molecule has 0 radical (unpaired) electrons. The Kier molecular flexibility index (Phi) is 2.04. The van der Waals surface area contributed by atoms with Gasteiger partial charge < -0.3 is 4.90 Å². The number of guanidine groups is 1. The van der Waals surface area contributed by atoms with Crippen LogP contribution >= 0.6 is 0 Å². The van der Waals surface area contributed by atoms with Crippen LogP contribution in [0.1, 0.15) is 13.8 Å². The second-order valence-corrected chi connectivity index (χ2v) is 3.34. The van der Waals surface area contributed by atoms with Gasteiger partial charge in [0.05, 0.1) is 6.54 Å². The maximum Gasteiger partial charge on any atom is 0.230 e. The van der Waals surface area contributed by atoms with Crippen molar-refractivity contribution in [1.29, 1.82) is 0 Å². The van der Waals surface area contributed by atoms with Crippen molar-refractivity contribution < 1.29 is 4.79 Å². The third-order valence-corrected chi connectivity index (χ3v) is 2.24. The second-order valence-electron chi connectivity index (χ2n) is 3.34. The molecule has 0 saturated carbocycles. The zero-order valence-electron chi connectivity index (χ0n) is 8.19. The molecular formula is C10H11N3O. The van der Waals surface area contributed by atoms with Gasteiger partial charge in [0.25, 0.3) is 0 Å². The first kappa shape index (κ1) is 8.87. The molecule has 4 heteroatoms. The Morgan fingerprint density at radius 3 is 2.93 bits per heavy atom. The molecule has 0 spiro atoms. The van der Waals surface area contributed by atoms with Gasteiger partial charge in [-0.15, -0.1) is 0 Å². The monoisotopic (exact) mass is 189 g/mol. The first-order valence-corrected chi connectivity index (χ1v) is 4.44. The first-order valence-electron chi connectivity index (χ1n) is 4.44. The van der Waals surface area contributed by atoms with Crippen LogP contribution in [-0.2, 0) is 4.79 Å². The van der Waals surface area contributed by atoms with Crippen molar-refractivity contribution in [3.8, 4) is 0 Å². The van der Waals surface area contributed by atoms with Crippen LogP contribution in [0.2, 0.25) is 0 Å². The van der Waals surface area contributed by atoms with Crippen molar-refractivity contribution in [3.05, 3.63) is 23.5 Å². The summed E-state index contributed by atoms with van der Waals surface area (Å²) >= 11 is 0. The van der Waals surface area contributed by atoms with Gasteiger partial charge in [0.1, 0.15) is 6.29 Å². The summed E-state index contributed by atoms with van der Waals surface area (Å²) in [5, 5.41) is 0. The molecule has 4 nitrogen and oxygen atoms in total. The van der Waals surface area contributed by atoms with Gasteiger partial charge in [-0.05, 0) is 19.9 Å². The predicted molar refractivity (Wildman–Crippen MR) is 55.2 cm³/mol. The van der Waals surface area contributed by atoms with Gasteiger partial charge in [-0.2, -0.15) is 0 Å². The quantitative estimate of drug-likeness (QED) is 0.580. The highest BCUT2D eigenvalue weighted by molar-refractivity contribution is 6.05. The van der Waals surface area contributed by atoms with Crippen LogP contribution in [0.4, 0.5) is 0 Å². The summed E-state index contributed by atoms with van der Waals surface area (Å²) in [5.74, 6) is 0.674. The number of aliphatic imine (C=N–C) groups is 2. The van der Waals surface area contributed by atoms with Gasteiger partial charge in [-0.3, -0.25) is 4.79 Å². The number of aldehydes is 1. The van der Waals surface area contributed by atoms with E-state index in [1.807, 2.05) is 31.0 Å². The predicted octanol–water partition coefficient (Wildman–Crippen LogP) is 1.12. The highest BCUT2D eigenvalue weighted by Crippen LogP contribution is 2.16. The van der Waals surface area contributed by atoms with Crippen LogP contribution in [0.25, 0.3) is 0 Å². The van der Waals surface area contributed by atoms with Gasteiger partial charge in [0.2, 0.25) is 5.96 Å². The van der Waals surface area contributed by atoms with E-state index < -0.39 is 0 Å². The minimum Gasteiger partial charge on any atom is -0.313 e. The molecule has 0 N–H and O–H groups in total. The molecule has 2 rings (SSSR count). The van der Waals surface area contributed by atoms with Crippen molar-refractivity contribution in [3.63, 3.8) is 0 Å². The number of carbonyl (C=O) groups is 1. The molecule has 0 unspecified atom stereocenters. The Hall–Kier alpha value is -1.71. The van der Waals surface area contributed by atoms with E-state index in [9.17, 15) is 4.79 Å². The fraction of sp³-hybridized carbons (Fsp3) is 0.300. The minimum absolute atomic E-state index is 0.571. The summed E-state index contributed by atoms with van der Waals surface area (Å²) in [7, 11) is 0. The van der Waals surface area contributed by atoms with Crippen molar-refractivity contribution in [2.45, 2.75) is 13.8 Å². The lowest BCUT2D eigenvalue weighted by molar-refractivity contribution is -0.105. The molecule has 0 aromatic carbocycles. The van der Waals surface area contributed by atoms with Crippen LogP contribution in [0, 0.1) is 0 Å². The Labute approximate surface area is 82.3 Å². The second kappa shape index (κ2) is 3.21. The van der Waals surface area contributed by atoms with Gasteiger partial charge in [0, 0.05) is 23.2 Å². The summed E-state index contributed by atoms with van der Waals surface area (Å²) < 4.78 is 0. The van der Waals surface area contributed by atoms with Gasteiger partial charge >= 0.3 is 0 Å². The molecule has 2 heterocycles. The summed E-state index contributed by atoms with van der Waals surface area (Å²) in [6.45, 7) is 4.32. The SMILES string of the molecule is CC1=NC2=NC(C)=C(C=O)CN2C=C1. The van der Waals surface area contributed by atoms with Crippen molar-refractivity contribution in [1.82, 2.24) is 4.90 Å². The third kappa shape index (κ3) is 1.39. The zero-order chi connectivity index (χ0) is 10.1. The van der Waals surface area contributed by atoms with Crippen molar-refractivity contribution in [2.24, 2.45) is 9.98 Å². The average molecular weight is 189 g/mol. The average Bonchev–Trinajstić information content (AvgIpc) is 2.16. The summed E-state index contributed by atoms with van der Waals surface area (Å²) in [6.07, 6.45) is 4.66. The van der Waals surface area contributed by atoms with E-state index in [1.54, 1.807) is 0 Å². The van der Waals surface area contributed by atoms with Gasteiger partial charge in [0.15, 0.2) is 0 Å². The summed E-state index contributed by atoms with van der Waals surface area (Å²) in [6, 6.07) is 0. The molecule has 0 fully saturated rings. The van der Waals surface area contributed by atoms with E-state index in [4.69, 9.17) is 0 Å². The number of hydrogen-bond donors (Lipinski definition) is 0. The smallest absolute Gasteiger partial charge is 0.230 e. The van der Waals surface area contributed by atoms with E-state index >= 15 is 0 Å². The molecule has 0 bridgehead atoms. The third-order valence-electron chi connectivity index (χ3n) is 2.24. The molecule has 0 amide bonds. The lowest BCUT2D eigenvalue weighted by Gasteiger charge is -2.26. The van der Waals surface area contributed by atoms with E-state index in [2.05, 4.69) is 9.98 Å². The first-order chi connectivity index (χ1) is 6.70. The van der Waals surface area contributed by atoms with E-state index in [-0.39, 0.29) is 0 Å². The zero-order valence-corrected chi connectivity index (χ0v) is 8.19. The Morgan fingerprint density at radius 2 is 2.21 bits per heavy atom. The van der Waals surface area contributed by atoms with E-state index in [1.165, 1.54) is 0 Å². The normalized spacial score (nSPS) is 20.3. The van der Waals surface area contributed by atoms with Crippen molar-refractivity contribution >= 4 is 18.0 Å². The molecule has 0 aromatic rings. The number of allylic oxidation sites excluding steroid dienone is 2. The minimum atomic E-state index is 0.571. The Balaban J connectivity index is 2.40. The van der Waals surface area contributed by atoms with Crippen LogP contribution < -0.4 is 0 Å². The van der Waals surface area contributed by atoms with Gasteiger partial charge in [-0.1, -0.05) is 0 Å². The highest BCUT2D eigenvalue weighted by Gasteiger charge is 2.19. The topological polar surface area (TPSA) is 45.0 Å². The maximum atomic E-state index is 10.7. The molecule has 2 aliphatic rings. The number of carbonyl (C=O) groups excluding carboxylic acids is 1. The Morgan fingerprint density at radius 1 is 1.43 bits per heavy atom. The molecule has 2 aliphatic heterocycles. The van der Waals surface area contributed by atoms with Crippen LogP contribution in [0.5, 0.6) is 0 Å². The fourth-order valence-electron chi connectivity index (χ4n) is 1.38. The largest absolute Gasteiger partial charge is 0.313 e. The highest BCUT2D eigenvalue weighted by atomic mass is 16.1. The number of hydrogen-bond acceptors (Lipinski definition) is 4. The van der Waals surface area contributed by atoms with Crippen LogP contribution in [0.3, 0.4) is 0 Å². The van der Waals surface area contributed by atoms with Crippen LogP contribution in [0.15, 0.2) is 33.5 Å². The lowest BCUT2D eigenvalue weighted by Crippen LogP contribution is -2.33. The molecular weight excluding hydrogens is 178 g/mol. The van der Waals surface area contributed by atoms with E-state index in [0.29, 0.717) is 18.1 Å². The van der Waals surface area contributed by atoms with Crippen LogP contribution in [-0.4, -0.2) is 29.4 Å². The lowest BCUT2D eigenvalue weighted by atomic mass is 10.2. The molecule has 0 aromatic heterocycles. The van der Waals surface area contributed by atoms with E-state index in [0.717, 1.165) is 17.7 Å². The fourth-order valence-corrected chi connectivity index (χ4v) is 1.38. The maximum absolute atomic E-state index is 10.7. The molecule has 0 atom stereocenters. The van der Waals surface area contributed by atoms with Crippen molar-refractivity contribution in [2.75, 3.05) is 6.54 Å². The summed E-state index contributed by atoms with van der Waals surface area (Å²) in [4.78, 5) is 21.1. The summed E-state index contributed by atoms with van der Waals surface area (Å²) in [5.41, 5.74) is 2.41. The molecule has 72 valence electrons.